The van der Waals surface area contributed by atoms with E-state index in [2.05, 4.69) is 14.9 Å². The number of guanidine groups is 2. The van der Waals surface area contributed by atoms with Gasteiger partial charge in [0.15, 0.2) is 5.96 Å². The first-order valence-electron chi connectivity index (χ1n) is 7.78. The highest BCUT2D eigenvalue weighted by Gasteiger charge is 2.11. The van der Waals surface area contributed by atoms with Gasteiger partial charge in [-0.3, -0.25) is 4.99 Å². The zero-order chi connectivity index (χ0) is 15.8. The molecule has 1 aromatic rings. The van der Waals surface area contributed by atoms with Crippen LogP contribution in [0.15, 0.2) is 34.3 Å². The molecule has 2 rings (SSSR count). The highest BCUT2D eigenvalue weighted by Crippen LogP contribution is 2.09. The molecule has 4 N–H and O–H groups in total. The molecule has 5 nitrogen and oxygen atoms in total. The van der Waals surface area contributed by atoms with Crippen molar-refractivity contribution in [2.45, 2.75) is 32.1 Å². The van der Waals surface area contributed by atoms with Crippen LogP contribution >= 0.6 is 24.8 Å². The molecule has 0 radical (unpaired) electrons. The third-order valence-corrected chi connectivity index (χ3v) is 3.75. The van der Waals surface area contributed by atoms with Crippen molar-refractivity contribution >= 4 is 36.7 Å². The standard InChI is InChI=1S/C16H24FN5.2ClH/c17-14-7-5-13(6-8-14)9-10-20-15(18)21-16(19)22-11-3-1-2-4-12-22;;/h5-8H,1-4,9-12H2,(H4,18,19,20,21);2*1H. The summed E-state index contributed by atoms with van der Waals surface area (Å²) in [7, 11) is 0. The van der Waals surface area contributed by atoms with Crippen LogP contribution in [0.25, 0.3) is 0 Å². The molecule has 0 unspecified atom stereocenters. The van der Waals surface area contributed by atoms with Gasteiger partial charge in [0, 0.05) is 19.6 Å². The van der Waals surface area contributed by atoms with Crippen LogP contribution in [0, 0.1) is 5.82 Å². The van der Waals surface area contributed by atoms with Gasteiger partial charge < -0.3 is 16.4 Å². The summed E-state index contributed by atoms with van der Waals surface area (Å²) in [6, 6.07) is 6.38. The minimum absolute atomic E-state index is 0. The molecule has 0 bridgehead atoms. The number of hydrogen-bond donors (Lipinski definition) is 2. The molecule has 1 heterocycles. The number of likely N-dealkylation sites (tertiary alicyclic amines) is 1. The molecular weight excluding hydrogens is 352 g/mol. The first-order chi connectivity index (χ1) is 10.6. The quantitative estimate of drug-likeness (QED) is 0.627. The van der Waals surface area contributed by atoms with E-state index in [1.54, 1.807) is 12.1 Å². The molecule has 136 valence electrons. The summed E-state index contributed by atoms with van der Waals surface area (Å²) < 4.78 is 12.8. The normalized spacial score (nSPS) is 16.0. The van der Waals surface area contributed by atoms with Crippen molar-refractivity contribution in [1.82, 2.24) is 4.90 Å². The second-order valence-corrected chi connectivity index (χ2v) is 5.49. The zero-order valence-corrected chi connectivity index (χ0v) is 15.3. The lowest BCUT2D eigenvalue weighted by atomic mass is 10.1. The van der Waals surface area contributed by atoms with Crippen molar-refractivity contribution in [2.24, 2.45) is 21.5 Å². The number of nitrogens with zero attached hydrogens (tertiary/aromatic N) is 3. The van der Waals surface area contributed by atoms with Gasteiger partial charge in [-0.25, -0.2) is 4.39 Å². The van der Waals surface area contributed by atoms with Crippen molar-refractivity contribution in [1.29, 1.82) is 0 Å². The van der Waals surface area contributed by atoms with Gasteiger partial charge in [0.1, 0.15) is 5.82 Å². The molecule has 8 heteroatoms. The van der Waals surface area contributed by atoms with Crippen molar-refractivity contribution in [3.05, 3.63) is 35.6 Å². The van der Waals surface area contributed by atoms with Crippen LogP contribution in [0.3, 0.4) is 0 Å². The lowest BCUT2D eigenvalue weighted by Gasteiger charge is -2.20. The molecule has 0 aliphatic carbocycles. The lowest BCUT2D eigenvalue weighted by molar-refractivity contribution is 0.431. The van der Waals surface area contributed by atoms with E-state index >= 15 is 0 Å². The fourth-order valence-electron chi connectivity index (χ4n) is 2.47. The second-order valence-electron chi connectivity index (χ2n) is 5.49. The number of nitrogens with two attached hydrogens (primary N) is 2. The Kier molecular flexibility index (Phi) is 11.2. The van der Waals surface area contributed by atoms with E-state index in [1.807, 2.05) is 0 Å². The first kappa shape index (κ1) is 22.5. The summed E-state index contributed by atoms with van der Waals surface area (Å²) in [5, 5.41) is 0. The maximum atomic E-state index is 12.8. The number of aliphatic imine (C=N–C) groups is 2. The maximum absolute atomic E-state index is 12.8. The van der Waals surface area contributed by atoms with Gasteiger partial charge in [-0.05, 0) is 37.0 Å². The van der Waals surface area contributed by atoms with E-state index in [0.717, 1.165) is 31.5 Å². The first-order valence-corrected chi connectivity index (χ1v) is 7.78. The van der Waals surface area contributed by atoms with Crippen LogP contribution in [0.5, 0.6) is 0 Å². The summed E-state index contributed by atoms with van der Waals surface area (Å²) >= 11 is 0. The maximum Gasteiger partial charge on any atom is 0.218 e. The molecule has 1 aliphatic rings. The Hall–Kier alpha value is -1.53. The third kappa shape index (κ3) is 7.84. The van der Waals surface area contributed by atoms with Gasteiger partial charge in [-0.2, -0.15) is 4.99 Å². The van der Waals surface area contributed by atoms with Crippen molar-refractivity contribution in [3.63, 3.8) is 0 Å². The average molecular weight is 378 g/mol. The second kappa shape index (κ2) is 11.9. The summed E-state index contributed by atoms with van der Waals surface area (Å²) in [6.45, 7) is 2.37. The topological polar surface area (TPSA) is 80.0 Å². The van der Waals surface area contributed by atoms with E-state index in [1.165, 1.54) is 25.0 Å². The van der Waals surface area contributed by atoms with Crippen LogP contribution in [-0.4, -0.2) is 36.5 Å². The van der Waals surface area contributed by atoms with Crippen molar-refractivity contribution < 1.29 is 4.39 Å². The van der Waals surface area contributed by atoms with Crippen LogP contribution < -0.4 is 11.5 Å². The van der Waals surface area contributed by atoms with Gasteiger partial charge in [-0.15, -0.1) is 24.8 Å². The van der Waals surface area contributed by atoms with E-state index in [-0.39, 0.29) is 36.6 Å². The van der Waals surface area contributed by atoms with E-state index < -0.39 is 0 Å². The number of halogens is 3. The van der Waals surface area contributed by atoms with Crippen molar-refractivity contribution in [3.8, 4) is 0 Å². The van der Waals surface area contributed by atoms with Crippen LogP contribution in [0.2, 0.25) is 0 Å². The molecule has 1 aromatic carbocycles. The Balaban J connectivity index is 0.00000264. The Labute approximate surface area is 155 Å². The van der Waals surface area contributed by atoms with Gasteiger partial charge in [0.2, 0.25) is 5.96 Å². The molecule has 1 fully saturated rings. The monoisotopic (exact) mass is 377 g/mol. The molecule has 0 amide bonds. The Morgan fingerprint density at radius 1 is 1.00 bits per heavy atom. The highest BCUT2D eigenvalue weighted by molar-refractivity contribution is 5.93. The van der Waals surface area contributed by atoms with Crippen molar-refractivity contribution in [2.75, 3.05) is 19.6 Å². The molecule has 0 aromatic heterocycles. The predicted molar refractivity (Wildman–Crippen MR) is 103 cm³/mol. The summed E-state index contributed by atoms with van der Waals surface area (Å²) in [6.07, 6.45) is 5.45. The van der Waals surface area contributed by atoms with Gasteiger partial charge in [-0.1, -0.05) is 25.0 Å². The van der Waals surface area contributed by atoms with Crippen LogP contribution in [0.4, 0.5) is 4.39 Å². The minimum Gasteiger partial charge on any atom is -0.369 e. The van der Waals surface area contributed by atoms with E-state index in [0.29, 0.717) is 18.9 Å². The average Bonchev–Trinajstić information content (AvgIpc) is 2.78. The number of hydrogen-bond acceptors (Lipinski definition) is 1. The molecule has 1 aliphatic heterocycles. The van der Waals surface area contributed by atoms with Crippen LogP contribution in [-0.2, 0) is 6.42 Å². The van der Waals surface area contributed by atoms with E-state index in [9.17, 15) is 4.39 Å². The fraction of sp³-hybridized carbons (Fsp3) is 0.500. The van der Waals surface area contributed by atoms with E-state index in [4.69, 9.17) is 11.5 Å². The largest absolute Gasteiger partial charge is 0.369 e. The lowest BCUT2D eigenvalue weighted by Crippen LogP contribution is -2.39. The molecule has 0 atom stereocenters. The van der Waals surface area contributed by atoms with Gasteiger partial charge in [0.05, 0.1) is 0 Å². The molecule has 1 saturated heterocycles. The zero-order valence-electron chi connectivity index (χ0n) is 13.7. The van der Waals surface area contributed by atoms with Gasteiger partial charge >= 0.3 is 0 Å². The fourth-order valence-corrected chi connectivity index (χ4v) is 2.47. The number of rotatable bonds is 3. The summed E-state index contributed by atoms with van der Waals surface area (Å²) in [4.78, 5) is 10.4. The summed E-state index contributed by atoms with van der Waals surface area (Å²) in [5.74, 6) is 0.412. The molecule has 0 saturated carbocycles. The third-order valence-electron chi connectivity index (χ3n) is 3.75. The Morgan fingerprint density at radius 2 is 1.58 bits per heavy atom. The Morgan fingerprint density at radius 3 is 2.17 bits per heavy atom. The Bertz CT molecular complexity index is 526. The highest BCUT2D eigenvalue weighted by atomic mass is 35.5. The number of benzene rings is 1. The van der Waals surface area contributed by atoms with Crippen LogP contribution in [0.1, 0.15) is 31.2 Å². The van der Waals surface area contributed by atoms with Gasteiger partial charge in [0.25, 0.3) is 0 Å². The summed E-state index contributed by atoms with van der Waals surface area (Å²) in [5.41, 5.74) is 12.8. The molecular formula is C16H26Cl2FN5. The predicted octanol–water partition coefficient (Wildman–Crippen LogP) is 2.72. The molecule has 0 spiro atoms. The smallest absolute Gasteiger partial charge is 0.218 e. The molecule has 24 heavy (non-hydrogen) atoms. The SMILES string of the molecule is Cl.Cl.NC(=NCCc1ccc(F)cc1)/N=C(\N)N1CCCCCC1. The minimum atomic E-state index is -0.235.